The summed E-state index contributed by atoms with van der Waals surface area (Å²) in [6.45, 7) is 5.30. The van der Waals surface area contributed by atoms with Gasteiger partial charge < -0.3 is 10.6 Å². The molecule has 6 nitrogen and oxygen atoms in total. The van der Waals surface area contributed by atoms with Crippen molar-refractivity contribution in [1.82, 2.24) is 4.98 Å². The molecule has 2 unspecified atom stereocenters. The fourth-order valence-corrected chi connectivity index (χ4v) is 2.55. The molecule has 104 valence electrons. The van der Waals surface area contributed by atoms with Gasteiger partial charge in [-0.1, -0.05) is 0 Å². The molecule has 1 saturated heterocycles. The Kier molecular flexibility index (Phi) is 3.99. The maximum Gasteiger partial charge on any atom is 0.277 e. The summed E-state index contributed by atoms with van der Waals surface area (Å²) in [5.41, 5.74) is 6.46. The topological polar surface area (TPSA) is 85.3 Å². The Bertz CT molecular complexity index is 478. The quantitative estimate of drug-likeness (QED) is 0.665. The van der Waals surface area contributed by atoms with E-state index in [-0.39, 0.29) is 10.6 Å². The highest BCUT2D eigenvalue weighted by atomic mass is 16.6. The minimum Gasteiger partial charge on any atom is -0.353 e. The molecular formula is C13H20N4O2. The minimum absolute atomic E-state index is 0.132. The molecule has 0 bridgehead atoms. The highest BCUT2D eigenvalue weighted by Gasteiger charge is 2.27. The molecule has 0 aliphatic carbocycles. The second kappa shape index (κ2) is 5.52. The van der Waals surface area contributed by atoms with Crippen LogP contribution in [0, 0.1) is 23.0 Å². The zero-order valence-corrected chi connectivity index (χ0v) is 11.4. The Morgan fingerprint density at radius 2 is 2.32 bits per heavy atom. The van der Waals surface area contributed by atoms with Gasteiger partial charge in [0, 0.05) is 24.3 Å². The van der Waals surface area contributed by atoms with Gasteiger partial charge in [-0.05, 0) is 39.2 Å². The number of pyridine rings is 1. The van der Waals surface area contributed by atoms with Gasteiger partial charge in [0.2, 0.25) is 0 Å². The molecule has 1 aliphatic heterocycles. The number of aryl methyl sites for hydroxylation is 1. The number of anilines is 1. The average molecular weight is 264 g/mol. The first-order chi connectivity index (χ1) is 9.02. The van der Waals surface area contributed by atoms with Gasteiger partial charge in [-0.25, -0.2) is 4.98 Å². The molecule has 2 heterocycles. The Morgan fingerprint density at radius 3 is 2.95 bits per heavy atom. The van der Waals surface area contributed by atoms with E-state index in [1.54, 1.807) is 19.2 Å². The van der Waals surface area contributed by atoms with Gasteiger partial charge in [-0.2, -0.15) is 0 Å². The normalized spacial score (nSPS) is 23.4. The molecule has 1 aliphatic rings. The number of nitrogens with zero attached hydrogens (tertiary/aromatic N) is 3. The standard InChI is InChI=1S/C13H20N4O2/c1-9-7-15-13(5-12(9)17(18)19)16-8-11(6-14)4-3-10(16)2/h5,7,10-11H,3-4,6,8,14H2,1-2H3. The predicted octanol–water partition coefficient (Wildman–Crippen LogP) is 1.86. The third kappa shape index (κ3) is 2.84. The number of piperidine rings is 1. The maximum absolute atomic E-state index is 11.0. The van der Waals surface area contributed by atoms with Gasteiger partial charge in [0.1, 0.15) is 5.82 Å². The summed E-state index contributed by atoms with van der Waals surface area (Å²) < 4.78 is 0. The molecule has 2 atom stereocenters. The smallest absolute Gasteiger partial charge is 0.277 e. The van der Waals surface area contributed by atoms with Crippen molar-refractivity contribution in [2.75, 3.05) is 18.0 Å². The minimum atomic E-state index is -0.352. The van der Waals surface area contributed by atoms with Gasteiger partial charge >= 0.3 is 0 Å². The number of aromatic nitrogens is 1. The lowest BCUT2D eigenvalue weighted by molar-refractivity contribution is -0.385. The first-order valence-electron chi connectivity index (χ1n) is 6.60. The third-order valence-corrected chi connectivity index (χ3v) is 3.86. The molecule has 6 heteroatoms. The Morgan fingerprint density at radius 1 is 1.58 bits per heavy atom. The van der Waals surface area contributed by atoms with Gasteiger partial charge in [-0.15, -0.1) is 0 Å². The maximum atomic E-state index is 11.0. The SMILES string of the molecule is Cc1cnc(N2CC(CN)CCC2C)cc1[N+](=O)[O-]. The number of rotatable bonds is 3. The highest BCUT2D eigenvalue weighted by molar-refractivity contribution is 5.51. The summed E-state index contributed by atoms with van der Waals surface area (Å²) in [7, 11) is 0. The van der Waals surface area contributed by atoms with Crippen molar-refractivity contribution >= 4 is 11.5 Å². The van der Waals surface area contributed by atoms with Gasteiger partial charge in [0.25, 0.3) is 5.69 Å². The molecule has 2 rings (SSSR count). The number of hydrogen-bond acceptors (Lipinski definition) is 5. The van der Waals surface area contributed by atoms with E-state index in [1.165, 1.54) is 0 Å². The first kappa shape index (κ1) is 13.7. The largest absolute Gasteiger partial charge is 0.353 e. The lowest BCUT2D eigenvalue weighted by atomic mass is 9.93. The molecule has 1 aromatic heterocycles. The van der Waals surface area contributed by atoms with E-state index in [4.69, 9.17) is 5.73 Å². The van der Waals surface area contributed by atoms with Crippen LogP contribution in [0.4, 0.5) is 11.5 Å². The lowest BCUT2D eigenvalue weighted by Crippen LogP contribution is -2.44. The molecule has 1 fully saturated rings. The van der Waals surface area contributed by atoms with Crippen molar-refractivity contribution in [2.24, 2.45) is 11.7 Å². The van der Waals surface area contributed by atoms with Crippen molar-refractivity contribution in [3.63, 3.8) is 0 Å². The molecule has 0 radical (unpaired) electrons. The highest BCUT2D eigenvalue weighted by Crippen LogP contribution is 2.29. The van der Waals surface area contributed by atoms with Gasteiger partial charge in [-0.3, -0.25) is 10.1 Å². The fraction of sp³-hybridized carbons (Fsp3) is 0.615. The molecule has 0 saturated carbocycles. The fourth-order valence-electron chi connectivity index (χ4n) is 2.55. The summed E-state index contributed by atoms with van der Waals surface area (Å²) in [4.78, 5) is 17.1. The van der Waals surface area contributed by atoms with E-state index in [1.807, 2.05) is 0 Å². The predicted molar refractivity (Wildman–Crippen MR) is 74.2 cm³/mol. The summed E-state index contributed by atoms with van der Waals surface area (Å²) in [6.07, 6.45) is 3.74. The van der Waals surface area contributed by atoms with E-state index in [0.717, 1.165) is 19.4 Å². The van der Waals surface area contributed by atoms with E-state index in [0.29, 0.717) is 29.9 Å². The first-order valence-corrected chi connectivity index (χ1v) is 6.60. The van der Waals surface area contributed by atoms with Gasteiger partial charge in [0.05, 0.1) is 11.0 Å². The van der Waals surface area contributed by atoms with Crippen molar-refractivity contribution in [1.29, 1.82) is 0 Å². The lowest BCUT2D eigenvalue weighted by Gasteiger charge is -2.38. The average Bonchev–Trinajstić information content (AvgIpc) is 2.40. The summed E-state index contributed by atoms with van der Waals surface area (Å²) in [5, 5.41) is 11.0. The van der Waals surface area contributed by atoms with Crippen LogP contribution in [0.15, 0.2) is 12.3 Å². The van der Waals surface area contributed by atoms with Crippen molar-refractivity contribution in [2.45, 2.75) is 32.7 Å². The summed E-state index contributed by atoms with van der Waals surface area (Å²) in [5.74, 6) is 1.13. The number of hydrogen-bond donors (Lipinski definition) is 1. The summed E-state index contributed by atoms with van der Waals surface area (Å²) in [6, 6.07) is 1.92. The molecule has 1 aromatic rings. The van der Waals surface area contributed by atoms with E-state index in [9.17, 15) is 10.1 Å². The zero-order valence-electron chi connectivity index (χ0n) is 11.4. The van der Waals surface area contributed by atoms with Crippen LogP contribution in [0.25, 0.3) is 0 Å². The second-order valence-electron chi connectivity index (χ2n) is 5.27. The summed E-state index contributed by atoms with van der Waals surface area (Å²) >= 11 is 0. The zero-order chi connectivity index (χ0) is 14.0. The van der Waals surface area contributed by atoms with E-state index in [2.05, 4.69) is 16.8 Å². The van der Waals surface area contributed by atoms with Gasteiger partial charge in [0.15, 0.2) is 0 Å². The number of nitrogens with two attached hydrogens (primary N) is 1. The Balaban J connectivity index is 2.29. The van der Waals surface area contributed by atoms with Crippen LogP contribution in [-0.2, 0) is 0 Å². The van der Waals surface area contributed by atoms with Crippen molar-refractivity contribution in [3.8, 4) is 0 Å². The van der Waals surface area contributed by atoms with Crippen LogP contribution < -0.4 is 10.6 Å². The monoisotopic (exact) mass is 264 g/mol. The molecule has 2 N–H and O–H groups in total. The molecular weight excluding hydrogens is 244 g/mol. The van der Waals surface area contributed by atoms with Crippen LogP contribution in [0.2, 0.25) is 0 Å². The van der Waals surface area contributed by atoms with Crippen LogP contribution >= 0.6 is 0 Å². The van der Waals surface area contributed by atoms with Crippen LogP contribution in [0.1, 0.15) is 25.3 Å². The van der Waals surface area contributed by atoms with Crippen molar-refractivity contribution in [3.05, 3.63) is 27.9 Å². The van der Waals surface area contributed by atoms with Crippen LogP contribution in [0.3, 0.4) is 0 Å². The molecule has 0 amide bonds. The van der Waals surface area contributed by atoms with Crippen LogP contribution in [0.5, 0.6) is 0 Å². The second-order valence-corrected chi connectivity index (χ2v) is 5.27. The van der Waals surface area contributed by atoms with E-state index < -0.39 is 0 Å². The Hall–Kier alpha value is -1.69. The third-order valence-electron chi connectivity index (χ3n) is 3.86. The molecule has 0 aromatic carbocycles. The molecule has 19 heavy (non-hydrogen) atoms. The Labute approximate surface area is 112 Å². The van der Waals surface area contributed by atoms with E-state index >= 15 is 0 Å². The van der Waals surface area contributed by atoms with Crippen molar-refractivity contribution < 1.29 is 4.92 Å². The number of nitro groups is 1. The molecule has 0 spiro atoms. The van der Waals surface area contributed by atoms with Crippen LogP contribution in [-0.4, -0.2) is 29.0 Å².